The van der Waals surface area contributed by atoms with E-state index in [1.807, 2.05) is 23.6 Å². The number of thiophene rings is 1. The highest BCUT2D eigenvalue weighted by Crippen LogP contribution is 2.30. The maximum Gasteiger partial charge on any atom is 0.137 e. The summed E-state index contributed by atoms with van der Waals surface area (Å²) in [5, 5.41) is 4.76. The molecule has 3 heterocycles. The first-order valence-electron chi connectivity index (χ1n) is 7.12. The quantitative estimate of drug-likeness (QED) is 0.770. The largest absolute Gasteiger partial charge is 0.346 e. The Morgan fingerprint density at radius 2 is 2.30 bits per heavy atom. The summed E-state index contributed by atoms with van der Waals surface area (Å²) in [6, 6.07) is 6.50. The van der Waals surface area contributed by atoms with Crippen LogP contribution in [0, 0.1) is 0 Å². The van der Waals surface area contributed by atoms with Crippen LogP contribution in [0.15, 0.2) is 30.6 Å². The maximum atomic E-state index is 4.32. The molecule has 0 aromatic carbocycles. The van der Waals surface area contributed by atoms with Crippen LogP contribution in [0.2, 0.25) is 0 Å². The lowest BCUT2D eigenvalue weighted by Crippen LogP contribution is -2.11. The summed E-state index contributed by atoms with van der Waals surface area (Å²) in [6.45, 7) is 1.85. The van der Waals surface area contributed by atoms with E-state index < -0.39 is 0 Å². The first kappa shape index (κ1) is 12.1. The van der Waals surface area contributed by atoms with Crippen molar-refractivity contribution in [1.29, 1.82) is 0 Å². The van der Waals surface area contributed by atoms with Gasteiger partial charge in [0, 0.05) is 40.6 Å². The van der Waals surface area contributed by atoms with E-state index in [2.05, 4.69) is 33.6 Å². The van der Waals surface area contributed by atoms with Crippen LogP contribution in [0.5, 0.6) is 0 Å². The molecule has 4 rings (SSSR count). The highest BCUT2D eigenvalue weighted by molar-refractivity contribution is 7.12. The third-order valence-corrected chi connectivity index (χ3v) is 5.19. The van der Waals surface area contributed by atoms with Gasteiger partial charge in [0.1, 0.15) is 5.65 Å². The Morgan fingerprint density at radius 1 is 1.30 bits per heavy atom. The van der Waals surface area contributed by atoms with E-state index in [9.17, 15) is 0 Å². The van der Waals surface area contributed by atoms with Gasteiger partial charge >= 0.3 is 0 Å². The van der Waals surface area contributed by atoms with Gasteiger partial charge in [0.2, 0.25) is 0 Å². The normalized spacial score (nSPS) is 14.0. The predicted molar refractivity (Wildman–Crippen MR) is 83.0 cm³/mol. The SMILES string of the molecule is c1cnc2[nH]cc(CNCc3cc4c(s3)CCC4)c2c1. The smallest absolute Gasteiger partial charge is 0.137 e. The summed E-state index contributed by atoms with van der Waals surface area (Å²) in [6.07, 6.45) is 7.79. The molecule has 0 spiro atoms. The number of rotatable bonds is 4. The molecule has 0 unspecified atom stereocenters. The van der Waals surface area contributed by atoms with Crippen LogP contribution in [0.4, 0.5) is 0 Å². The van der Waals surface area contributed by atoms with Gasteiger partial charge in [-0.25, -0.2) is 4.98 Å². The van der Waals surface area contributed by atoms with E-state index >= 15 is 0 Å². The van der Waals surface area contributed by atoms with Crippen LogP contribution in [-0.2, 0) is 25.9 Å². The fourth-order valence-electron chi connectivity index (χ4n) is 2.96. The Labute approximate surface area is 122 Å². The fourth-order valence-corrected chi connectivity index (χ4v) is 4.19. The van der Waals surface area contributed by atoms with Crippen LogP contribution < -0.4 is 5.32 Å². The fraction of sp³-hybridized carbons (Fsp3) is 0.312. The van der Waals surface area contributed by atoms with Gasteiger partial charge in [-0.2, -0.15) is 0 Å². The Balaban J connectivity index is 1.42. The molecule has 4 heteroatoms. The van der Waals surface area contributed by atoms with Gasteiger partial charge in [0.15, 0.2) is 0 Å². The number of aromatic amines is 1. The molecule has 0 aliphatic heterocycles. The highest BCUT2D eigenvalue weighted by Gasteiger charge is 2.14. The van der Waals surface area contributed by atoms with Crippen molar-refractivity contribution < 1.29 is 0 Å². The lowest BCUT2D eigenvalue weighted by molar-refractivity contribution is 0.703. The zero-order valence-electron chi connectivity index (χ0n) is 11.3. The molecule has 0 fully saturated rings. The van der Waals surface area contributed by atoms with E-state index in [0.29, 0.717) is 0 Å². The van der Waals surface area contributed by atoms with Gasteiger partial charge in [-0.3, -0.25) is 0 Å². The van der Waals surface area contributed by atoms with Crippen molar-refractivity contribution in [3.05, 3.63) is 51.5 Å². The van der Waals surface area contributed by atoms with E-state index in [0.717, 1.165) is 18.7 Å². The number of nitrogens with zero attached hydrogens (tertiary/aromatic N) is 1. The van der Waals surface area contributed by atoms with Crippen LogP contribution in [-0.4, -0.2) is 9.97 Å². The molecule has 0 saturated heterocycles. The Hall–Kier alpha value is -1.65. The van der Waals surface area contributed by atoms with Crippen molar-refractivity contribution in [3.8, 4) is 0 Å². The average molecular weight is 283 g/mol. The number of nitrogens with one attached hydrogen (secondary N) is 2. The van der Waals surface area contributed by atoms with Crippen molar-refractivity contribution in [2.75, 3.05) is 0 Å². The summed E-state index contributed by atoms with van der Waals surface area (Å²) >= 11 is 1.98. The molecule has 1 aliphatic carbocycles. The number of fused-ring (bicyclic) bond motifs is 2. The molecule has 1 aliphatic rings. The van der Waals surface area contributed by atoms with E-state index in [1.54, 1.807) is 10.4 Å². The van der Waals surface area contributed by atoms with E-state index in [-0.39, 0.29) is 0 Å². The molecule has 0 atom stereocenters. The van der Waals surface area contributed by atoms with Crippen molar-refractivity contribution in [1.82, 2.24) is 15.3 Å². The van der Waals surface area contributed by atoms with Crippen LogP contribution in [0.3, 0.4) is 0 Å². The molecule has 0 saturated carbocycles. The van der Waals surface area contributed by atoms with Gasteiger partial charge in [0.05, 0.1) is 0 Å². The monoisotopic (exact) mass is 283 g/mol. The molecule has 0 amide bonds. The van der Waals surface area contributed by atoms with Crippen molar-refractivity contribution in [2.45, 2.75) is 32.4 Å². The van der Waals surface area contributed by atoms with Crippen molar-refractivity contribution in [2.24, 2.45) is 0 Å². The first-order chi connectivity index (χ1) is 9.90. The molecular weight excluding hydrogens is 266 g/mol. The molecular formula is C16H17N3S. The predicted octanol–water partition coefficient (Wildman–Crippen LogP) is 3.40. The Kier molecular flexibility index (Phi) is 3.05. The molecule has 3 aromatic rings. The molecule has 20 heavy (non-hydrogen) atoms. The highest BCUT2D eigenvalue weighted by atomic mass is 32.1. The maximum absolute atomic E-state index is 4.32. The van der Waals surface area contributed by atoms with Gasteiger partial charge in [-0.15, -0.1) is 11.3 Å². The molecule has 0 bridgehead atoms. The van der Waals surface area contributed by atoms with Gasteiger partial charge < -0.3 is 10.3 Å². The van der Waals surface area contributed by atoms with Gasteiger partial charge in [0.25, 0.3) is 0 Å². The lowest BCUT2D eigenvalue weighted by atomic mass is 10.2. The topological polar surface area (TPSA) is 40.7 Å². The molecule has 0 radical (unpaired) electrons. The number of hydrogen-bond acceptors (Lipinski definition) is 3. The standard InChI is InChI=1S/C16H17N3S/c1-3-11-7-13(20-15(11)5-1)10-17-8-12-9-19-16-14(12)4-2-6-18-16/h2,4,6-7,9,17H,1,3,5,8,10H2,(H,18,19). The second kappa shape index (κ2) is 5.04. The molecule has 2 N–H and O–H groups in total. The second-order valence-corrected chi connectivity index (χ2v) is 6.55. The third-order valence-electron chi connectivity index (χ3n) is 3.95. The molecule has 3 aromatic heterocycles. The zero-order valence-corrected chi connectivity index (χ0v) is 12.1. The number of pyridine rings is 1. The summed E-state index contributed by atoms with van der Waals surface area (Å²) in [7, 11) is 0. The minimum absolute atomic E-state index is 0.883. The summed E-state index contributed by atoms with van der Waals surface area (Å²) in [5.74, 6) is 0. The van der Waals surface area contributed by atoms with Crippen molar-refractivity contribution in [3.63, 3.8) is 0 Å². The van der Waals surface area contributed by atoms with Crippen LogP contribution >= 0.6 is 11.3 Å². The van der Waals surface area contributed by atoms with E-state index in [1.165, 1.54) is 35.1 Å². The Morgan fingerprint density at radius 3 is 3.25 bits per heavy atom. The average Bonchev–Trinajstić information content (AvgIpc) is 3.13. The molecule has 3 nitrogen and oxygen atoms in total. The minimum atomic E-state index is 0.883. The first-order valence-corrected chi connectivity index (χ1v) is 7.94. The summed E-state index contributed by atoms with van der Waals surface area (Å²) < 4.78 is 0. The van der Waals surface area contributed by atoms with Crippen LogP contribution in [0.25, 0.3) is 11.0 Å². The van der Waals surface area contributed by atoms with Crippen molar-refractivity contribution >= 4 is 22.4 Å². The Bertz CT molecular complexity index is 720. The van der Waals surface area contributed by atoms with Crippen LogP contribution in [0.1, 0.15) is 27.3 Å². The number of aromatic nitrogens is 2. The minimum Gasteiger partial charge on any atom is -0.346 e. The number of hydrogen-bond donors (Lipinski definition) is 2. The lowest BCUT2D eigenvalue weighted by Gasteiger charge is -2.02. The molecule has 102 valence electrons. The number of H-pyrrole nitrogens is 1. The zero-order chi connectivity index (χ0) is 13.4. The number of aryl methyl sites for hydroxylation is 2. The van der Waals surface area contributed by atoms with Gasteiger partial charge in [-0.1, -0.05) is 0 Å². The third kappa shape index (κ3) is 2.15. The second-order valence-electron chi connectivity index (χ2n) is 5.33. The summed E-state index contributed by atoms with van der Waals surface area (Å²) in [4.78, 5) is 10.6. The van der Waals surface area contributed by atoms with E-state index in [4.69, 9.17) is 0 Å². The van der Waals surface area contributed by atoms with Gasteiger partial charge in [-0.05, 0) is 48.6 Å². The summed E-state index contributed by atoms with van der Waals surface area (Å²) in [5.41, 5.74) is 3.85.